The molecule has 2 aromatic carbocycles. The molecule has 0 bridgehead atoms. The van der Waals surface area contributed by atoms with E-state index in [0.29, 0.717) is 11.3 Å². The van der Waals surface area contributed by atoms with Gasteiger partial charge >= 0.3 is 0 Å². The Morgan fingerprint density at radius 1 is 1.14 bits per heavy atom. The fraction of sp³-hybridized carbons (Fsp3) is 0.136. The summed E-state index contributed by atoms with van der Waals surface area (Å²) >= 11 is 1.44. The molecule has 0 fully saturated rings. The number of aryl methyl sites for hydroxylation is 1. The van der Waals surface area contributed by atoms with Gasteiger partial charge in [0.25, 0.3) is 5.91 Å². The third-order valence-electron chi connectivity index (χ3n) is 4.50. The fourth-order valence-corrected chi connectivity index (χ4v) is 3.98. The number of carbonyl (C=O) groups excluding carboxylic acids is 1. The van der Waals surface area contributed by atoms with Crippen molar-refractivity contribution in [1.82, 2.24) is 9.97 Å². The quantitative estimate of drug-likeness (QED) is 0.484. The zero-order valence-electron chi connectivity index (χ0n) is 15.7. The summed E-state index contributed by atoms with van der Waals surface area (Å²) in [7, 11) is 0. The number of hydrogen-bond donors (Lipinski definition) is 1. The first-order valence-corrected chi connectivity index (χ1v) is 10.0. The number of nitrogens with one attached hydrogen (secondary N) is 1. The molecule has 2 aromatic heterocycles. The standard InChI is InChI=1S/C22H18FN3O2S/c1-2-14-5-3-4-6-18(14)26-19(27)11-28-21-20-17(12-29-22(20)25-13-24-21)15-7-9-16(23)10-8-15/h3-10,12-13H,2,11H2,1H3,(H,26,27). The smallest absolute Gasteiger partial charge is 0.262 e. The first-order valence-electron chi connectivity index (χ1n) is 9.14. The molecule has 4 aromatic rings. The molecule has 0 saturated heterocycles. The lowest BCUT2D eigenvalue weighted by Crippen LogP contribution is -2.21. The van der Waals surface area contributed by atoms with E-state index in [1.165, 1.54) is 29.8 Å². The highest BCUT2D eigenvalue weighted by atomic mass is 32.1. The van der Waals surface area contributed by atoms with Crippen LogP contribution in [-0.2, 0) is 11.2 Å². The van der Waals surface area contributed by atoms with Crippen molar-refractivity contribution in [3.63, 3.8) is 0 Å². The molecular formula is C22H18FN3O2S. The normalized spacial score (nSPS) is 10.8. The highest BCUT2D eigenvalue weighted by Gasteiger charge is 2.16. The zero-order valence-corrected chi connectivity index (χ0v) is 16.5. The third-order valence-corrected chi connectivity index (χ3v) is 5.39. The number of benzene rings is 2. The monoisotopic (exact) mass is 407 g/mol. The number of carbonyl (C=O) groups is 1. The second kappa shape index (κ2) is 8.36. The average molecular weight is 407 g/mol. The molecule has 0 unspecified atom stereocenters. The molecule has 146 valence electrons. The van der Waals surface area contributed by atoms with E-state index in [1.54, 1.807) is 12.1 Å². The second-order valence-corrected chi connectivity index (χ2v) is 7.22. The van der Waals surface area contributed by atoms with Gasteiger partial charge in [-0.05, 0) is 35.7 Å². The van der Waals surface area contributed by atoms with Crippen molar-refractivity contribution in [3.05, 3.63) is 71.6 Å². The van der Waals surface area contributed by atoms with Crippen molar-refractivity contribution in [1.29, 1.82) is 0 Å². The van der Waals surface area contributed by atoms with Gasteiger partial charge in [0.15, 0.2) is 6.61 Å². The number of anilines is 1. The van der Waals surface area contributed by atoms with Gasteiger partial charge in [0, 0.05) is 16.6 Å². The summed E-state index contributed by atoms with van der Waals surface area (Å²) in [6.07, 6.45) is 2.23. The Balaban J connectivity index is 1.56. The lowest BCUT2D eigenvalue weighted by Gasteiger charge is -2.11. The van der Waals surface area contributed by atoms with E-state index < -0.39 is 0 Å². The summed E-state index contributed by atoms with van der Waals surface area (Å²) in [6.45, 7) is 1.86. The first-order chi connectivity index (χ1) is 14.2. The summed E-state index contributed by atoms with van der Waals surface area (Å²) in [5, 5.41) is 5.52. The van der Waals surface area contributed by atoms with Crippen molar-refractivity contribution in [2.75, 3.05) is 11.9 Å². The highest BCUT2D eigenvalue weighted by Crippen LogP contribution is 2.37. The molecule has 1 N–H and O–H groups in total. The SMILES string of the molecule is CCc1ccccc1NC(=O)COc1ncnc2scc(-c3ccc(F)cc3)c12. The largest absolute Gasteiger partial charge is 0.467 e. The maximum atomic E-state index is 13.3. The van der Waals surface area contributed by atoms with Crippen molar-refractivity contribution in [2.24, 2.45) is 0 Å². The Hall–Kier alpha value is -3.32. The minimum atomic E-state index is -0.301. The van der Waals surface area contributed by atoms with Gasteiger partial charge < -0.3 is 10.1 Å². The van der Waals surface area contributed by atoms with Crippen LogP contribution in [-0.4, -0.2) is 22.5 Å². The van der Waals surface area contributed by atoms with Gasteiger partial charge in [0.05, 0.1) is 5.39 Å². The van der Waals surface area contributed by atoms with Crippen LogP contribution in [0.4, 0.5) is 10.1 Å². The molecule has 2 heterocycles. The zero-order chi connectivity index (χ0) is 20.2. The van der Waals surface area contributed by atoms with Crippen LogP contribution in [0.5, 0.6) is 5.88 Å². The Morgan fingerprint density at radius 2 is 1.93 bits per heavy atom. The number of aromatic nitrogens is 2. The molecule has 0 aliphatic rings. The molecule has 5 nitrogen and oxygen atoms in total. The number of rotatable bonds is 6. The topological polar surface area (TPSA) is 64.1 Å². The molecule has 0 aliphatic carbocycles. The van der Waals surface area contributed by atoms with E-state index in [2.05, 4.69) is 15.3 Å². The van der Waals surface area contributed by atoms with Crippen molar-refractivity contribution >= 4 is 33.1 Å². The average Bonchev–Trinajstić information content (AvgIpc) is 3.18. The predicted molar refractivity (Wildman–Crippen MR) is 113 cm³/mol. The number of hydrogen-bond acceptors (Lipinski definition) is 5. The van der Waals surface area contributed by atoms with Crippen LogP contribution in [0.1, 0.15) is 12.5 Å². The molecular weight excluding hydrogens is 389 g/mol. The Morgan fingerprint density at radius 3 is 2.72 bits per heavy atom. The van der Waals surface area contributed by atoms with Gasteiger partial charge in [-0.1, -0.05) is 37.3 Å². The fourth-order valence-electron chi connectivity index (χ4n) is 3.07. The number of ether oxygens (including phenoxy) is 1. The van der Waals surface area contributed by atoms with Gasteiger partial charge in [-0.15, -0.1) is 11.3 Å². The summed E-state index contributed by atoms with van der Waals surface area (Å²) in [5.74, 6) is -0.240. The molecule has 0 radical (unpaired) electrons. The summed E-state index contributed by atoms with van der Waals surface area (Å²) in [4.78, 5) is 21.6. The van der Waals surface area contributed by atoms with Crippen LogP contribution in [0, 0.1) is 5.82 Å². The predicted octanol–water partition coefficient (Wildman–Crippen LogP) is 5.08. The van der Waals surface area contributed by atoms with Gasteiger partial charge in [-0.25, -0.2) is 14.4 Å². The van der Waals surface area contributed by atoms with Crippen LogP contribution in [0.15, 0.2) is 60.2 Å². The molecule has 1 amide bonds. The molecule has 0 saturated carbocycles. The molecule has 7 heteroatoms. The van der Waals surface area contributed by atoms with Crippen molar-refractivity contribution in [3.8, 4) is 17.0 Å². The Bertz CT molecular complexity index is 1160. The van der Waals surface area contributed by atoms with Gasteiger partial charge in [-0.3, -0.25) is 4.79 Å². The lowest BCUT2D eigenvalue weighted by atomic mass is 10.1. The van der Waals surface area contributed by atoms with Crippen LogP contribution in [0.2, 0.25) is 0 Å². The minimum Gasteiger partial charge on any atom is -0.467 e. The molecule has 0 atom stereocenters. The summed E-state index contributed by atoms with van der Waals surface area (Å²) in [6, 6.07) is 13.9. The van der Waals surface area contributed by atoms with E-state index in [4.69, 9.17) is 4.74 Å². The second-order valence-electron chi connectivity index (χ2n) is 6.36. The highest BCUT2D eigenvalue weighted by molar-refractivity contribution is 7.17. The number of para-hydroxylation sites is 1. The minimum absolute atomic E-state index is 0.178. The van der Waals surface area contributed by atoms with Gasteiger partial charge in [-0.2, -0.15) is 0 Å². The van der Waals surface area contributed by atoms with E-state index in [0.717, 1.165) is 33.6 Å². The van der Waals surface area contributed by atoms with Gasteiger partial charge in [0.2, 0.25) is 5.88 Å². The van der Waals surface area contributed by atoms with E-state index in [-0.39, 0.29) is 18.3 Å². The van der Waals surface area contributed by atoms with E-state index >= 15 is 0 Å². The van der Waals surface area contributed by atoms with Crippen LogP contribution >= 0.6 is 11.3 Å². The molecule has 0 spiro atoms. The molecule has 4 rings (SSSR count). The Labute approximate surface area is 171 Å². The van der Waals surface area contributed by atoms with E-state index in [1.807, 2.05) is 36.6 Å². The van der Waals surface area contributed by atoms with Crippen molar-refractivity contribution in [2.45, 2.75) is 13.3 Å². The van der Waals surface area contributed by atoms with Crippen LogP contribution in [0.3, 0.4) is 0 Å². The van der Waals surface area contributed by atoms with Gasteiger partial charge in [0.1, 0.15) is 17.0 Å². The maximum Gasteiger partial charge on any atom is 0.262 e. The first kappa shape index (κ1) is 19.0. The third kappa shape index (κ3) is 4.09. The lowest BCUT2D eigenvalue weighted by molar-refractivity contribution is -0.118. The number of halogens is 1. The van der Waals surface area contributed by atoms with Crippen LogP contribution < -0.4 is 10.1 Å². The van der Waals surface area contributed by atoms with E-state index in [9.17, 15) is 9.18 Å². The summed E-state index contributed by atoms with van der Waals surface area (Å²) < 4.78 is 19.0. The molecule has 29 heavy (non-hydrogen) atoms. The number of amides is 1. The number of nitrogens with zero attached hydrogens (tertiary/aromatic N) is 2. The molecule has 0 aliphatic heterocycles. The summed E-state index contributed by atoms with van der Waals surface area (Å²) in [5.41, 5.74) is 3.51. The Kier molecular flexibility index (Phi) is 5.48. The number of thiophene rings is 1. The van der Waals surface area contributed by atoms with Crippen molar-refractivity contribution < 1.29 is 13.9 Å². The number of fused-ring (bicyclic) bond motifs is 1. The maximum absolute atomic E-state index is 13.3. The van der Waals surface area contributed by atoms with Crippen LogP contribution in [0.25, 0.3) is 21.3 Å².